The number of halogens is 3. The molecule has 1 aromatic heterocycles. The standard InChI is InChI=1S/C16H19BF3NO4S/c1-14(2)15(3,4)25-17(24-14)12-8-10(16(18,19)20)9-13-11(12)6-7-21(13)26(5,22)23/h6-9H,1-5H3. The molecular formula is C16H19BF3NO4S. The van der Waals surface area contributed by atoms with E-state index < -0.39 is 40.1 Å². The molecule has 142 valence electrons. The van der Waals surface area contributed by atoms with Gasteiger partial charge in [0.05, 0.1) is 28.5 Å². The molecule has 0 bridgehead atoms. The van der Waals surface area contributed by atoms with Crippen LogP contribution in [0.4, 0.5) is 13.2 Å². The maximum Gasteiger partial charge on any atom is 0.495 e. The summed E-state index contributed by atoms with van der Waals surface area (Å²) in [6, 6.07) is 3.24. The Bertz CT molecular complexity index is 963. The van der Waals surface area contributed by atoms with E-state index in [1.165, 1.54) is 12.3 Å². The van der Waals surface area contributed by atoms with Crippen molar-refractivity contribution >= 4 is 33.5 Å². The Labute approximate surface area is 150 Å². The largest absolute Gasteiger partial charge is 0.495 e. The van der Waals surface area contributed by atoms with Gasteiger partial charge in [-0.2, -0.15) is 13.2 Å². The first kappa shape index (κ1) is 19.3. The lowest BCUT2D eigenvalue weighted by Crippen LogP contribution is -2.41. The number of hydrogen-bond acceptors (Lipinski definition) is 4. The number of nitrogens with zero attached hydrogens (tertiary/aromatic N) is 1. The summed E-state index contributed by atoms with van der Waals surface area (Å²) in [6.45, 7) is 7.16. The predicted molar refractivity (Wildman–Crippen MR) is 92.9 cm³/mol. The normalized spacial score (nSPS) is 20.1. The first-order valence-electron chi connectivity index (χ1n) is 7.92. The van der Waals surface area contributed by atoms with Crippen LogP contribution in [0.5, 0.6) is 0 Å². The van der Waals surface area contributed by atoms with Gasteiger partial charge in [-0.05, 0) is 51.4 Å². The lowest BCUT2D eigenvalue weighted by molar-refractivity contribution is -0.137. The Morgan fingerprint density at radius 2 is 1.62 bits per heavy atom. The van der Waals surface area contributed by atoms with E-state index in [4.69, 9.17) is 9.31 Å². The van der Waals surface area contributed by atoms with Crippen LogP contribution in [0.2, 0.25) is 0 Å². The lowest BCUT2D eigenvalue weighted by atomic mass is 9.76. The summed E-state index contributed by atoms with van der Waals surface area (Å²) in [6.07, 6.45) is -2.48. The number of fused-ring (bicyclic) bond motifs is 1. The summed E-state index contributed by atoms with van der Waals surface area (Å²) >= 11 is 0. The molecule has 26 heavy (non-hydrogen) atoms. The molecule has 0 aliphatic carbocycles. The fourth-order valence-electron chi connectivity index (χ4n) is 2.86. The SMILES string of the molecule is CC1(C)OB(c2cc(C(F)(F)F)cc3c2ccn3S(C)(=O)=O)OC1(C)C. The fraction of sp³-hybridized carbons (Fsp3) is 0.500. The van der Waals surface area contributed by atoms with Crippen LogP contribution < -0.4 is 5.46 Å². The number of hydrogen-bond donors (Lipinski definition) is 0. The summed E-state index contributed by atoms with van der Waals surface area (Å²) in [5.74, 6) is 0. The van der Waals surface area contributed by atoms with Gasteiger partial charge in [0.2, 0.25) is 10.0 Å². The maximum atomic E-state index is 13.4. The monoisotopic (exact) mass is 389 g/mol. The van der Waals surface area contributed by atoms with E-state index in [-0.39, 0.29) is 11.0 Å². The van der Waals surface area contributed by atoms with Gasteiger partial charge in [0.25, 0.3) is 0 Å². The highest BCUT2D eigenvalue weighted by Gasteiger charge is 2.52. The third-order valence-electron chi connectivity index (χ3n) is 5.00. The van der Waals surface area contributed by atoms with Gasteiger partial charge >= 0.3 is 13.3 Å². The van der Waals surface area contributed by atoms with Crippen LogP contribution in [0.1, 0.15) is 33.3 Å². The summed E-state index contributed by atoms with van der Waals surface area (Å²) < 4.78 is 76.6. The van der Waals surface area contributed by atoms with Gasteiger partial charge < -0.3 is 9.31 Å². The molecule has 5 nitrogen and oxygen atoms in total. The Hall–Kier alpha value is -1.52. The van der Waals surface area contributed by atoms with Crippen molar-refractivity contribution in [2.24, 2.45) is 0 Å². The molecule has 1 saturated heterocycles. The molecule has 1 fully saturated rings. The van der Waals surface area contributed by atoms with Crippen LogP contribution in [-0.2, 0) is 25.5 Å². The summed E-state index contributed by atoms with van der Waals surface area (Å²) in [4.78, 5) is 0. The van der Waals surface area contributed by atoms with Gasteiger partial charge in [0, 0.05) is 11.6 Å². The summed E-state index contributed by atoms with van der Waals surface area (Å²) in [5, 5.41) is 0.335. The van der Waals surface area contributed by atoms with E-state index in [0.29, 0.717) is 5.39 Å². The maximum absolute atomic E-state index is 13.4. The van der Waals surface area contributed by atoms with Crippen molar-refractivity contribution < 1.29 is 30.9 Å². The molecule has 1 aromatic carbocycles. The van der Waals surface area contributed by atoms with Gasteiger partial charge in [-0.3, -0.25) is 0 Å². The van der Waals surface area contributed by atoms with Gasteiger partial charge in [-0.1, -0.05) is 0 Å². The van der Waals surface area contributed by atoms with Crippen LogP contribution in [0.15, 0.2) is 24.4 Å². The topological polar surface area (TPSA) is 57.5 Å². The van der Waals surface area contributed by atoms with Crippen molar-refractivity contribution in [3.8, 4) is 0 Å². The first-order valence-corrected chi connectivity index (χ1v) is 9.77. The lowest BCUT2D eigenvalue weighted by Gasteiger charge is -2.32. The second-order valence-electron chi connectivity index (χ2n) is 7.46. The highest BCUT2D eigenvalue weighted by atomic mass is 32.2. The van der Waals surface area contributed by atoms with E-state index in [1.807, 2.05) is 0 Å². The molecule has 2 heterocycles. The van der Waals surface area contributed by atoms with Crippen LogP contribution in [0.3, 0.4) is 0 Å². The average Bonchev–Trinajstić information content (AvgIpc) is 2.95. The number of aromatic nitrogens is 1. The molecule has 1 aliphatic heterocycles. The zero-order chi connectivity index (χ0) is 19.7. The van der Waals surface area contributed by atoms with Crippen molar-refractivity contribution in [2.75, 3.05) is 6.26 Å². The molecule has 1 aliphatic rings. The van der Waals surface area contributed by atoms with E-state index in [1.54, 1.807) is 27.7 Å². The van der Waals surface area contributed by atoms with Crippen LogP contribution >= 0.6 is 0 Å². The van der Waals surface area contributed by atoms with E-state index in [0.717, 1.165) is 22.4 Å². The van der Waals surface area contributed by atoms with E-state index in [2.05, 4.69) is 0 Å². The summed E-state index contributed by atoms with van der Waals surface area (Å²) in [5.41, 5.74) is -2.35. The minimum atomic E-state index is -4.64. The quantitative estimate of drug-likeness (QED) is 0.742. The molecule has 0 spiro atoms. The van der Waals surface area contributed by atoms with E-state index in [9.17, 15) is 21.6 Å². The molecule has 0 radical (unpaired) electrons. The van der Waals surface area contributed by atoms with Gasteiger partial charge in [0.1, 0.15) is 0 Å². The highest BCUT2D eigenvalue weighted by molar-refractivity contribution is 7.89. The first-order chi connectivity index (χ1) is 11.6. The van der Waals surface area contributed by atoms with Crippen molar-refractivity contribution in [1.29, 1.82) is 0 Å². The number of rotatable bonds is 2. The van der Waals surface area contributed by atoms with E-state index >= 15 is 0 Å². The van der Waals surface area contributed by atoms with Crippen molar-refractivity contribution in [2.45, 2.75) is 45.1 Å². The van der Waals surface area contributed by atoms with Gasteiger partial charge in [-0.15, -0.1) is 0 Å². The molecule has 10 heteroatoms. The molecule has 0 amide bonds. The second kappa shape index (κ2) is 5.49. The average molecular weight is 389 g/mol. The molecule has 0 unspecified atom stereocenters. The summed E-state index contributed by atoms with van der Waals surface area (Å²) in [7, 11) is -4.81. The van der Waals surface area contributed by atoms with Crippen LogP contribution in [-0.4, -0.2) is 37.0 Å². The Morgan fingerprint density at radius 3 is 2.08 bits per heavy atom. The molecular weight excluding hydrogens is 370 g/mol. The zero-order valence-electron chi connectivity index (χ0n) is 15.0. The van der Waals surface area contributed by atoms with Crippen LogP contribution in [0.25, 0.3) is 10.9 Å². The zero-order valence-corrected chi connectivity index (χ0v) is 15.8. The molecule has 2 aromatic rings. The Kier molecular flexibility index (Phi) is 4.07. The fourth-order valence-corrected chi connectivity index (χ4v) is 3.65. The molecule has 3 rings (SSSR count). The minimum Gasteiger partial charge on any atom is -0.399 e. The molecule has 0 N–H and O–H groups in total. The third-order valence-corrected chi connectivity index (χ3v) is 6.03. The Morgan fingerprint density at radius 1 is 1.08 bits per heavy atom. The number of alkyl halides is 3. The molecule has 0 saturated carbocycles. The van der Waals surface area contributed by atoms with Gasteiger partial charge in [0.15, 0.2) is 0 Å². The number of benzene rings is 1. The van der Waals surface area contributed by atoms with Crippen LogP contribution in [0, 0.1) is 0 Å². The second-order valence-corrected chi connectivity index (χ2v) is 9.32. The third kappa shape index (κ3) is 3.03. The predicted octanol–water partition coefficient (Wildman–Crippen LogP) is 2.77. The van der Waals surface area contributed by atoms with Gasteiger partial charge in [-0.25, -0.2) is 12.4 Å². The smallest absolute Gasteiger partial charge is 0.399 e. The van der Waals surface area contributed by atoms with Crippen molar-refractivity contribution in [3.63, 3.8) is 0 Å². The van der Waals surface area contributed by atoms with Crippen molar-refractivity contribution in [3.05, 3.63) is 30.0 Å². The minimum absolute atomic E-state index is 0.0629. The van der Waals surface area contributed by atoms with Crippen molar-refractivity contribution in [1.82, 2.24) is 3.97 Å². The highest BCUT2D eigenvalue weighted by Crippen LogP contribution is 2.38. The molecule has 0 atom stereocenters. The Balaban J connectivity index is 2.27.